The molecule has 1 aliphatic heterocycles. The molecule has 0 bridgehead atoms. The first-order valence-electron chi connectivity index (χ1n) is 11.8. The van der Waals surface area contributed by atoms with Gasteiger partial charge in [-0.3, -0.25) is 9.69 Å². The third-order valence-electron chi connectivity index (χ3n) is 6.97. The molecule has 0 aliphatic carbocycles. The number of aromatic amines is 1. The largest absolute Gasteiger partial charge is 0.383 e. The summed E-state index contributed by atoms with van der Waals surface area (Å²) >= 11 is 0. The van der Waals surface area contributed by atoms with Crippen molar-refractivity contribution in [1.29, 1.82) is 0 Å². The minimum absolute atomic E-state index is 0.229. The normalized spacial score (nSPS) is 17.1. The lowest BCUT2D eigenvalue weighted by Crippen LogP contribution is -2.44. The Hall–Kier alpha value is -3.21. The fraction of sp³-hybridized carbons (Fsp3) is 0.276. The standard InChI is InChI=1S/C29H30N2O2/c32-28(25-20-30-26-14-8-7-13-24(25)26)29(33)27(23-11-5-2-6-12-23)31-17-15-22(16-18-31)19-21-9-3-1-4-10-21/h1-14,20,22,27,29-30,33H,15-19H2/t27-,29-/m0/s1. The van der Waals surface area contributed by atoms with Crippen molar-refractivity contribution in [2.75, 3.05) is 13.1 Å². The van der Waals surface area contributed by atoms with Crippen molar-refractivity contribution in [3.63, 3.8) is 0 Å². The molecule has 4 heteroatoms. The van der Waals surface area contributed by atoms with Crippen molar-refractivity contribution >= 4 is 16.7 Å². The number of benzene rings is 3. The molecule has 1 aromatic heterocycles. The number of rotatable bonds is 7. The molecule has 4 aromatic rings. The van der Waals surface area contributed by atoms with Crippen LogP contribution in [0.4, 0.5) is 0 Å². The van der Waals surface area contributed by atoms with Crippen LogP contribution in [0.25, 0.3) is 10.9 Å². The first kappa shape index (κ1) is 21.6. The lowest BCUT2D eigenvalue weighted by Gasteiger charge is -2.39. The smallest absolute Gasteiger partial charge is 0.195 e. The molecule has 4 nitrogen and oxygen atoms in total. The van der Waals surface area contributed by atoms with Crippen LogP contribution in [0.1, 0.15) is 40.4 Å². The highest BCUT2D eigenvalue weighted by Gasteiger charge is 2.35. The minimum Gasteiger partial charge on any atom is -0.383 e. The predicted molar refractivity (Wildman–Crippen MR) is 132 cm³/mol. The number of ketones is 1. The van der Waals surface area contributed by atoms with Crippen LogP contribution in [0.5, 0.6) is 0 Å². The van der Waals surface area contributed by atoms with Gasteiger partial charge in [0.25, 0.3) is 0 Å². The van der Waals surface area contributed by atoms with Crippen LogP contribution in [0.3, 0.4) is 0 Å². The van der Waals surface area contributed by atoms with Crippen LogP contribution in [0.2, 0.25) is 0 Å². The molecular formula is C29H30N2O2. The van der Waals surface area contributed by atoms with Crippen LogP contribution >= 0.6 is 0 Å². The van der Waals surface area contributed by atoms with Crippen LogP contribution in [-0.2, 0) is 6.42 Å². The van der Waals surface area contributed by atoms with Crippen LogP contribution in [-0.4, -0.2) is 40.0 Å². The van der Waals surface area contributed by atoms with E-state index in [-0.39, 0.29) is 11.8 Å². The first-order chi connectivity index (χ1) is 16.2. The molecule has 2 heterocycles. The highest BCUT2D eigenvalue weighted by Crippen LogP contribution is 2.33. The number of carbonyl (C=O) groups excluding carboxylic acids is 1. The second kappa shape index (κ2) is 9.74. The SMILES string of the molecule is O=C(c1c[nH]c2ccccc12)[C@@H](O)[C@H](c1ccccc1)N1CCC(Cc2ccccc2)CC1. The molecule has 168 valence electrons. The number of nitrogens with one attached hydrogen (secondary N) is 1. The van der Waals surface area contributed by atoms with Crippen molar-refractivity contribution in [1.82, 2.24) is 9.88 Å². The maximum Gasteiger partial charge on any atom is 0.195 e. The molecule has 2 N–H and O–H groups in total. The van der Waals surface area contributed by atoms with Crippen molar-refractivity contribution < 1.29 is 9.90 Å². The fourth-order valence-electron chi connectivity index (χ4n) is 5.20. The van der Waals surface area contributed by atoms with Crippen LogP contribution in [0.15, 0.2) is 91.1 Å². The Morgan fingerprint density at radius 3 is 2.27 bits per heavy atom. The number of hydrogen-bond acceptors (Lipinski definition) is 3. The monoisotopic (exact) mass is 438 g/mol. The predicted octanol–water partition coefficient (Wildman–Crippen LogP) is 5.41. The average Bonchev–Trinajstić information content (AvgIpc) is 3.30. The maximum atomic E-state index is 13.5. The van der Waals surface area contributed by atoms with Gasteiger partial charge in [0.05, 0.1) is 6.04 Å². The number of aliphatic hydroxyl groups is 1. The number of carbonyl (C=O) groups is 1. The van der Waals surface area contributed by atoms with Crippen LogP contribution in [0, 0.1) is 5.92 Å². The first-order valence-corrected chi connectivity index (χ1v) is 11.8. The molecule has 0 saturated carbocycles. The van der Waals surface area contributed by atoms with E-state index in [1.807, 2.05) is 54.6 Å². The second-order valence-electron chi connectivity index (χ2n) is 9.08. The van der Waals surface area contributed by atoms with E-state index in [0.29, 0.717) is 11.5 Å². The van der Waals surface area contributed by atoms with Gasteiger partial charge in [0.1, 0.15) is 6.10 Å². The summed E-state index contributed by atoms with van der Waals surface area (Å²) in [7, 11) is 0. The van der Waals surface area contributed by atoms with E-state index >= 15 is 0 Å². The van der Waals surface area contributed by atoms with Gasteiger partial charge in [0.2, 0.25) is 0 Å². The summed E-state index contributed by atoms with van der Waals surface area (Å²) in [5, 5.41) is 12.3. The van der Waals surface area contributed by atoms with Gasteiger partial charge >= 0.3 is 0 Å². The van der Waals surface area contributed by atoms with Gasteiger partial charge in [-0.2, -0.15) is 0 Å². The van der Waals surface area contributed by atoms with Gasteiger partial charge in [-0.15, -0.1) is 0 Å². The molecule has 2 atom stereocenters. The summed E-state index contributed by atoms with van der Waals surface area (Å²) < 4.78 is 0. The number of likely N-dealkylation sites (tertiary alicyclic amines) is 1. The van der Waals surface area contributed by atoms with Gasteiger partial charge in [0.15, 0.2) is 5.78 Å². The highest BCUT2D eigenvalue weighted by molar-refractivity contribution is 6.10. The van der Waals surface area contributed by atoms with E-state index in [4.69, 9.17) is 0 Å². The summed E-state index contributed by atoms with van der Waals surface area (Å²) in [6.07, 6.45) is 3.81. The lowest BCUT2D eigenvalue weighted by molar-refractivity contribution is 0.0265. The van der Waals surface area contributed by atoms with Gasteiger partial charge < -0.3 is 10.1 Å². The Morgan fingerprint density at radius 2 is 1.55 bits per heavy atom. The van der Waals surface area contributed by atoms with Gasteiger partial charge in [-0.05, 0) is 55.5 Å². The number of piperidine rings is 1. The zero-order valence-corrected chi connectivity index (χ0v) is 18.7. The number of para-hydroxylation sites is 1. The second-order valence-corrected chi connectivity index (χ2v) is 9.08. The topological polar surface area (TPSA) is 56.3 Å². The van der Waals surface area contributed by atoms with E-state index in [1.165, 1.54) is 5.56 Å². The third-order valence-corrected chi connectivity index (χ3v) is 6.97. The molecule has 1 saturated heterocycles. The van der Waals surface area contributed by atoms with Crippen molar-refractivity contribution in [3.8, 4) is 0 Å². The summed E-state index contributed by atoms with van der Waals surface area (Å²) in [5.74, 6) is 0.397. The summed E-state index contributed by atoms with van der Waals surface area (Å²) in [6.45, 7) is 1.74. The number of hydrogen-bond donors (Lipinski definition) is 2. The molecule has 3 aromatic carbocycles. The third kappa shape index (κ3) is 4.63. The maximum absolute atomic E-state index is 13.5. The van der Waals surface area contributed by atoms with E-state index in [9.17, 15) is 9.90 Å². The van der Waals surface area contributed by atoms with E-state index in [2.05, 4.69) is 40.2 Å². The highest BCUT2D eigenvalue weighted by atomic mass is 16.3. The number of aromatic nitrogens is 1. The fourth-order valence-corrected chi connectivity index (χ4v) is 5.20. The molecule has 5 rings (SSSR count). The zero-order valence-electron chi connectivity index (χ0n) is 18.7. The number of nitrogens with zero attached hydrogens (tertiary/aromatic N) is 1. The molecule has 33 heavy (non-hydrogen) atoms. The minimum atomic E-state index is -1.13. The molecular weight excluding hydrogens is 408 g/mol. The number of fused-ring (bicyclic) bond motifs is 1. The number of aliphatic hydroxyl groups excluding tert-OH is 1. The van der Waals surface area contributed by atoms with E-state index in [1.54, 1.807) is 6.20 Å². The Kier molecular flexibility index (Phi) is 6.38. The summed E-state index contributed by atoms with van der Waals surface area (Å²) in [4.78, 5) is 19.0. The Labute approximate surface area is 194 Å². The van der Waals surface area contributed by atoms with Crippen molar-refractivity contribution in [2.45, 2.75) is 31.4 Å². The van der Waals surface area contributed by atoms with E-state index in [0.717, 1.165) is 48.8 Å². The number of H-pyrrole nitrogens is 1. The molecule has 0 amide bonds. The summed E-state index contributed by atoms with van der Waals surface area (Å²) in [5.41, 5.74) is 3.83. The van der Waals surface area contributed by atoms with Gasteiger partial charge in [-0.25, -0.2) is 0 Å². The lowest BCUT2D eigenvalue weighted by atomic mass is 9.87. The Morgan fingerprint density at radius 1 is 0.909 bits per heavy atom. The Balaban J connectivity index is 1.36. The average molecular weight is 439 g/mol. The molecule has 0 radical (unpaired) electrons. The van der Waals surface area contributed by atoms with Gasteiger partial charge in [-0.1, -0.05) is 78.9 Å². The van der Waals surface area contributed by atoms with Gasteiger partial charge in [0, 0.05) is 22.7 Å². The molecule has 0 spiro atoms. The molecule has 0 unspecified atom stereocenters. The Bertz CT molecular complexity index is 1190. The molecule has 1 aliphatic rings. The molecule has 1 fully saturated rings. The van der Waals surface area contributed by atoms with Crippen LogP contribution < -0.4 is 0 Å². The summed E-state index contributed by atoms with van der Waals surface area (Å²) in [6, 6.07) is 28.0. The van der Waals surface area contributed by atoms with Crippen molar-refractivity contribution in [3.05, 3.63) is 108 Å². The zero-order chi connectivity index (χ0) is 22.6. The van der Waals surface area contributed by atoms with E-state index < -0.39 is 6.10 Å². The number of Topliss-reactive ketones (excluding diaryl/α,β-unsaturated/α-hetero) is 1. The van der Waals surface area contributed by atoms with Crippen molar-refractivity contribution in [2.24, 2.45) is 5.92 Å². The quantitative estimate of drug-likeness (QED) is 0.380.